The van der Waals surface area contributed by atoms with Crippen molar-refractivity contribution in [2.75, 3.05) is 5.43 Å². The van der Waals surface area contributed by atoms with E-state index in [2.05, 4.69) is 25.7 Å². The van der Waals surface area contributed by atoms with Crippen LogP contribution in [0.15, 0.2) is 16.7 Å². The molecule has 9 heavy (non-hydrogen) atoms. The Bertz CT molecular complexity index is 214. The Morgan fingerprint density at radius 2 is 2.56 bits per heavy atom. The smallest absolute Gasteiger partial charge is 0.170 e. The third-order valence-corrected chi connectivity index (χ3v) is 1.17. The lowest BCUT2D eigenvalue weighted by atomic mass is 10.4. The Morgan fingerprint density at radius 3 is 3.44 bits per heavy atom. The van der Waals surface area contributed by atoms with Gasteiger partial charge in [-0.1, -0.05) is 5.22 Å². The van der Waals surface area contributed by atoms with Gasteiger partial charge in [0.15, 0.2) is 5.82 Å². The SMILES string of the molecule is c1nc2c([nH]1)CN=NN2. The van der Waals surface area contributed by atoms with Gasteiger partial charge in [-0.05, 0) is 0 Å². The van der Waals surface area contributed by atoms with Crippen molar-refractivity contribution in [2.24, 2.45) is 10.3 Å². The summed E-state index contributed by atoms with van der Waals surface area (Å²) in [6.45, 7) is 0.600. The maximum Gasteiger partial charge on any atom is 0.170 e. The summed E-state index contributed by atoms with van der Waals surface area (Å²) in [4.78, 5) is 6.87. The van der Waals surface area contributed by atoms with E-state index in [0.29, 0.717) is 6.54 Å². The van der Waals surface area contributed by atoms with Gasteiger partial charge in [-0.15, -0.1) is 0 Å². The van der Waals surface area contributed by atoms with E-state index in [1.165, 1.54) is 0 Å². The number of anilines is 1. The van der Waals surface area contributed by atoms with Crippen LogP contribution in [-0.2, 0) is 6.54 Å². The Labute approximate surface area is 51.2 Å². The molecule has 0 aliphatic carbocycles. The lowest BCUT2D eigenvalue weighted by molar-refractivity contribution is 0.861. The predicted octanol–water partition coefficient (Wildman–Crippen LogP) is 0.702. The fourth-order valence-corrected chi connectivity index (χ4v) is 0.727. The Balaban J connectivity index is 2.46. The van der Waals surface area contributed by atoms with E-state index in [-0.39, 0.29) is 0 Å². The van der Waals surface area contributed by atoms with Gasteiger partial charge in [-0.25, -0.2) is 10.4 Å². The van der Waals surface area contributed by atoms with Gasteiger partial charge in [-0.3, -0.25) is 0 Å². The lowest BCUT2D eigenvalue weighted by Crippen LogP contribution is -1.97. The van der Waals surface area contributed by atoms with Gasteiger partial charge in [0.1, 0.15) is 6.54 Å². The number of rotatable bonds is 0. The van der Waals surface area contributed by atoms with E-state index in [9.17, 15) is 0 Å². The van der Waals surface area contributed by atoms with Crippen LogP contribution in [0, 0.1) is 0 Å². The predicted molar refractivity (Wildman–Crippen MR) is 30.8 cm³/mol. The number of aromatic nitrogens is 2. The van der Waals surface area contributed by atoms with Gasteiger partial charge >= 0.3 is 0 Å². The van der Waals surface area contributed by atoms with Gasteiger partial charge in [0.2, 0.25) is 0 Å². The second-order valence-corrected chi connectivity index (χ2v) is 1.74. The second kappa shape index (κ2) is 1.54. The minimum Gasteiger partial charge on any atom is -0.345 e. The Hall–Kier alpha value is -1.39. The number of hydrogen-bond acceptors (Lipinski definition) is 4. The van der Waals surface area contributed by atoms with Gasteiger partial charge in [0, 0.05) is 0 Å². The Kier molecular flexibility index (Phi) is 0.769. The van der Waals surface area contributed by atoms with Crippen molar-refractivity contribution in [1.29, 1.82) is 0 Å². The first-order chi connectivity index (χ1) is 4.47. The second-order valence-electron chi connectivity index (χ2n) is 1.74. The van der Waals surface area contributed by atoms with E-state index in [4.69, 9.17) is 0 Å². The van der Waals surface area contributed by atoms with Crippen LogP contribution in [0.25, 0.3) is 0 Å². The Morgan fingerprint density at radius 1 is 1.56 bits per heavy atom. The van der Waals surface area contributed by atoms with Crippen molar-refractivity contribution in [1.82, 2.24) is 9.97 Å². The standard InChI is InChI=1S/C4H5N5/c1-3-4(6-2-5-3)8-9-7-1/h2H,1H2,(H,5,6)(H,7,8). The van der Waals surface area contributed by atoms with Crippen LogP contribution in [0.4, 0.5) is 5.82 Å². The topological polar surface area (TPSA) is 65.4 Å². The van der Waals surface area contributed by atoms with E-state index in [0.717, 1.165) is 11.5 Å². The van der Waals surface area contributed by atoms with Crippen LogP contribution >= 0.6 is 0 Å². The molecule has 0 radical (unpaired) electrons. The van der Waals surface area contributed by atoms with Crippen LogP contribution in [0.2, 0.25) is 0 Å². The molecule has 0 aromatic carbocycles. The van der Waals surface area contributed by atoms with E-state index in [1.807, 2.05) is 0 Å². The number of nitrogens with zero attached hydrogens (tertiary/aromatic N) is 3. The highest BCUT2D eigenvalue weighted by Gasteiger charge is 2.06. The zero-order valence-corrected chi connectivity index (χ0v) is 4.63. The molecular formula is C4H5N5. The molecule has 5 heteroatoms. The molecule has 5 nitrogen and oxygen atoms in total. The first-order valence-corrected chi connectivity index (χ1v) is 2.61. The molecule has 0 fully saturated rings. The number of H-pyrrole nitrogens is 1. The number of fused-ring (bicyclic) bond motifs is 1. The zero-order chi connectivity index (χ0) is 6.10. The maximum absolute atomic E-state index is 3.94. The van der Waals surface area contributed by atoms with Crippen LogP contribution in [0.3, 0.4) is 0 Å². The first-order valence-electron chi connectivity index (χ1n) is 2.61. The van der Waals surface area contributed by atoms with E-state index in [1.54, 1.807) is 6.33 Å². The van der Waals surface area contributed by atoms with Gasteiger partial charge in [-0.2, -0.15) is 5.11 Å². The van der Waals surface area contributed by atoms with E-state index < -0.39 is 0 Å². The van der Waals surface area contributed by atoms with Gasteiger partial charge in [0.25, 0.3) is 0 Å². The van der Waals surface area contributed by atoms with Crippen molar-refractivity contribution in [3.05, 3.63) is 12.0 Å². The molecule has 0 unspecified atom stereocenters. The normalized spacial score (nSPS) is 14.7. The summed E-state index contributed by atoms with van der Waals surface area (Å²) >= 11 is 0. The molecule has 0 spiro atoms. The molecule has 2 N–H and O–H groups in total. The highest BCUT2D eigenvalue weighted by molar-refractivity contribution is 5.39. The molecule has 1 aromatic heterocycles. The molecule has 1 aromatic rings. The summed E-state index contributed by atoms with van der Waals surface area (Å²) in [6, 6.07) is 0. The molecule has 2 heterocycles. The fourth-order valence-electron chi connectivity index (χ4n) is 0.727. The fraction of sp³-hybridized carbons (Fsp3) is 0.250. The van der Waals surface area contributed by atoms with Crippen molar-refractivity contribution in [3.8, 4) is 0 Å². The number of imidazole rings is 1. The highest BCUT2D eigenvalue weighted by Crippen LogP contribution is 2.13. The summed E-state index contributed by atoms with van der Waals surface area (Å²) in [6.07, 6.45) is 1.62. The monoisotopic (exact) mass is 123 g/mol. The molecule has 0 amide bonds. The third kappa shape index (κ3) is 0.576. The van der Waals surface area contributed by atoms with Crippen molar-refractivity contribution < 1.29 is 0 Å². The molecule has 0 saturated heterocycles. The molecule has 0 atom stereocenters. The molecule has 2 rings (SSSR count). The quantitative estimate of drug-likeness (QED) is 0.533. The summed E-state index contributed by atoms with van der Waals surface area (Å²) in [5.41, 5.74) is 3.65. The average Bonchev–Trinajstić information content (AvgIpc) is 2.33. The summed E-state index contributed by atoms with van der Waals surface area (Å²) in [5, 5.41) is 7.32. The molecule has 46 valence electrons. The average molecular weight is 123 g/mol. The molecule has 0 bridgehead atoms. The van der Waals surface area contributed by atoms with Crippen LogP contribution < -0.4 is 5.43 Å². The minimum atomic E-state index is 0.600. The molecule has 1 aliphatic heterocycles. The summed E-state index contributed by atoms with van der Waals surface area (Å²) < 4.78 is 0. The number of nitrogens with one attached hydrogen (secondary N) is 2. The zero-order valence-electron chi connectivity index (χ0n) is 4.63. The van der Waals surface area contributed by atoms with Gasteiger partial charge < -0.3 is 4.98 Å². The first kappa shape index (κ1) is 4.49. The third-order valence-electron chi connectivity index (χ3n) is 1.17. The van der Waals surface area contributed by atoms with E-state index >= 15 is 0 Å². The number of hydrogen-bond donors (Lipinski definition) is 2. The minimum absolute atomic E-state index is 0.600. The maximum atomic E-state index is 3.94. The molecular weight excluding hydrogens is 118 g/mol. The highest BCUT2D eigenvalue weighted by atomic mass is 15.5. The van der Waals surface area contributed by atoms with Crippen molar-refractivity contribution >= 4 is 5.82 Å². The summed E-state index contributed by atoms with van der Waals surface area (Å²) in [7, 11) is 0. The molecule has 1 aliphatic rings. The molecule has 0 saturated carbocycles. The van der Waals surface area contributed by atoms with Crippen LogP contribution in [0.5, 0.6) is 0 Å². The largest absolute Gasteiger partial charge is 0.345 e. The number of aromatic amines is 1. The van der Waals surface area contributed by atoms with Crippen molar-refractivity contribution in [3.63, 3.8) is 0 Å². The van der Waals surface area contributed by atoms with Gasteiger partial charge in [0.05, 0.1) is 12.0 Å². The summed E-state index contributed by atoms with van der Waals surface area (Å²) in [5.74, 6) is 0.782. The lowest BCUT2D eigenvalue weighted by Gasteiger charge is -2.01. The van der Waals surface area contributed by atoms with Crippen molar-refractivity contribution in [2.45, 2.75) is 6.54 Å². The van der Waals surface area contributed by atoms with Crippen LogP contribution in [0.1, 0.15) is 5.69 Å². The van der Waals surface area contributed by atoms with Crippen LogP contribution in [-0.4, -0.2) is 9.97 Å².